The lowest BCUT2D eigenvalue weighted by Gasteiger charge is -2.49. The van der Waals surface area contributed by atoms with Crippen molar-refractivity contribution >= 4 is 0 Å². The molecule has 0 radical (unpaired) electrons. The van der Waals surface area contributed by atoms with E-state index in [0.717, 1.165) is 38.8 Å². The summed E-state index contributed by atoms with van der Waals surface area (Å²) in [5, 5.41) is 0. The van der Waals surface area contributed by atoms with Crippen molar-refractivity contribution in [2.24, 2.45) is 11.7 Å². The molecule has 116 valence electrons. The molecule has 1 aliphatic carbocycles. The van der Waals surface area contributed by atoms with E-state index in [1.807, 2.05) is 0 Å². The van der Waals surface area contributed by atoms with Crippen molar-refractivity contribution in [3.63, 3.8) is 0 Å². The molecule has 0 atom stereocenters. The fourth-order valence-electron chi connectivity index (χ4n) is 4.07. The van der Waals surface area contributed by atoms with Crippen LogP contribution >= 0.6 is 0 Å². The predicted octanol–water partition coefficient (Wildman–Crippen LogP) is 2.45. The molecular formula is C18H28N2O. The first-order valence-electron chi connectivity index (χ1n) is 8.39. The summed E-state index contributed by atoms with van der Waals surface area (Å²) in [6, 6.07) is 11.0. The molecule has 0 bridgehead atoms. The predicted molar refractivity (Wildman–Crippen MR) is 86.3 cm³/mol. The number of benzene rings is 1. The van der Waals surface area contributed by atoms with E-state index in [4.69, 9.17) is 10.5 Å². The van der Waals surface area contributed by atoms with Crippen LogP contribution in [-0.2, 0) is 11.2 Å². The van der Waals surface area contributed by atoms with Gasteiger partial charge in [0.1, 0.15) is 0 Å². The SMILES string of the molecule is NCC1CCC(Cc2ccccc2)(N2CCOCC2)CC1. The van der Waals surface area contributed by atoms with Gasteiger partial charge in [-0.05, 0) is 50.1 Å². The van der Waals surface area contributed by atoms with Crippen molar-refractivity contribution in [3.05, 3.63) is 35.9 Å². The summed E-state index contributed by atoms with van der Waals surface area (Å²) in [6.45, 7) is 4.79. The highest BCUT2D eigenvalue weighted by Crippen LogP contribution is 2.39. The minimum Gasteiger partial charge on any atom is -0.379 e. The van der Waals surface area contributed by atoms with Crippen molar-refractivity contribution in [2.45, 2.75) is 37.6 Å². The number of ether oxygens (including phenoxy) is 1. The molecule has 3 heteroatoms. The third kappa shape index (κ3) is 3.47. The maximum absolute atomic E-state index is 5.89. The van der Waals surface area contributed by atoms with Gasteiger partial charge in [-0.25, -0.2) is 0 Å². The highest BCUT2D eigenvalue weighted by molar-refractivity contribution is 5.19. The van der Waals surface area contributed by atoms with Gasteiger partial charge in [0.15, 0.2) is 0 Å². The van der Waals surface area contributed by atoms with E-state index in [-0.39, 0.29) is 0 Å². The zero-order chi connectivity index (χ0) is 14.5. The van der Waals surface area contributed by atoms with E-state index in [9.17, 15) is 0 Å². The van der Waals surface area contributed by atoms with Crippen LogP contribution < -0.4 is 5.73 Å². The molecule has 1 saturated heterocycles. The van der Waals surface area contributed by atoms with Gasteiger partial charge in [0.05, 0.1) is 13.2 Å². The molecule has 0 spiro atoms. The molecule has 3 rings (SSSR count). The minimum absolute atomic E-state index is 0.330. The third-order valence-corrected chi connectivity index (χ3v) is 5.43. The number of nitrogens with two attached hydrogens (primary N) is 1. The molecule has 0 amide bonds. The van der Waals surface area contributed by atoms with Gasteiger partial charge in [0.2, 0.25) is 0 Å². The zero-order valence-corrected chi connectivity index (χ0v) is 13.0. The Morgan fingerprint density at radius 1 is 1.10 bits per heavy atom. The lowest BCUT2D eigenvalue weighted by molar-refractivity contribution is -0.0423. The summed E-state index contributed by atoms with van der Waals surface area (Å²) >= 11 is 0. The number of hydrogen-bond acceptors (Lipinski definition) is 3. The average molecular weight is 288 g/mol. The van der Waals surface area contributed by atoms with Crippen LogP contribution in [0.4, 0.5) is 0 Å². The Hall–Kier alpha value is -0.900. The molecule has 1 heterocycles. The minimum atomic E-state index is 0.330. The van der Waals surface area contributed by atoms with E-state index < -0.39 is 0 Å². The molecule has 2 aliphatic rings. The number of nitrogens with zero attached hydrogens (tertiary/aromatic N) is 1. The van der Waals surface area contributed by atoms with Crippen LogP contribution in [0.3, 0.4) is 0 Å². The smallest absolute Gasteiger partial charge is 0.0594 e. The molecule has 1 aromatic carbocycles. The lowest BCUT2D eigenvalue weighted by atomic mass is 9.72. The van der Waals surface area contributed by atoms with Gasteiger partial charge in [0.25, 0.3) is 0 Å². The largest absolute Gasteiger partial charge is 0.379 e. The van der Waals surface area contributed by atoms with Crippen molar-refractivity contribution in [2.75, 3.05) is 32.8 Å². The van der Waals surface area contributed by atoms with Gasteiger partial charge >= 0.3 is 0 Å². The highest BCUT2D eigenvalue weighted by atomic mass is 16.5. The monoisotopic (exact) mass is 288 g/mol. The van der Waals surface area contributed by atoms with Crippen molar-refractivity contribution in [1.82, 2.24) is 4.90 Å². The summed E-state index contributed by atoms with van der Waals surface area (Å²) in [5.74, 6) is 0.731. The lowest BCUT2D eigenvalue weighted by Crippen LogP contribution is -2.56. The van der Waals surface area contributed by atoms with Crippen LogP contribution in [0.2, 0.25) is 0 Å². The summed E-state index contributed by atoms with van der Waals surface area (Å²) in [4.78, 5) is 2.70. The molecular weight excluding hydrogens is 260 g/mol. The number of rotatable bonds is 4. The second-order valence-electron chi connectivity index (χ2n) is 6.67. The van der Waals surface area contributed by atoms with Crippen molar-refractivity contribution in [3.8, 4) is 0 Å². The molecule has 0 unspecified atom stereocenters. The first kappa shape index (κ1) is 15.0. The fraction of sp³-hybridized carbons (Fsp3) is 0.667. The highest BCUT2D eigenvalue weighted by Gasteiger charge is 2.40. The summed E-state index contributed by atoms with van der Waals surface area (Å²) in [6.07, 6.45) is 6.29. The molecule has 1 aliphatic heterocycles. The summed E-state index contributed by atoms with van der Waals surface area (Å²) in [5.41, 5.74) is 7.69. The maximum atomic E-state index is 5.89. The van der Waals surface area contributed by atoms with Crippen LogP contribution in [0.15, 0.2) is 30.3 Å². The van der Waals surface area contributed by atoms with Crippen LogP contribution in [0.1, 0.15) is 31.2 Å². The Labute approximate surface area is 128 Å². The van der Waals surface area contributed by atoms with Crippen LogP contribution in [0.5, 0.6) is 0 Å². The maximum Gasteiger partial charge on any atom is 0.0594 e. The zero-order valence-electron chi connectivity index (χ0n) is 13.0. The molecule has 1 saturated carbocycles. The van der Waals surface area contributed by atoms with Gasteiger partial charge in [-0.15, -0.1) is 0 Å². The van der Waals surface area contributed by atoms with Crippen molar-refractivity contribution < 1.29 is 4.74 Å². The average Bonchev–Trinajstić information content (AvgIpc) is 2.57. The second-order valence-corrected chi connectivity index (χ2v) is 6.67. The topological polar surface area (TPSA) is 38.5 Å². The Bertz CT molecular complexity index is 420. The van der Waals surface area contributed by atoms with Gasteiger partial charge < -0.3 is 10.5 Å². The second kappa shape index (κ2) is 6.91. The summed E-state index contributed by atoms with van der Waals surface area (Å²) < 4.78 is 5.57. The van der Waals surface area contributed by atoms with Crippen molar-refractivity contribution in [1.29, 1.82) is 0 Å². The standard InChI is InChI=1S/C18H28N2O/c19-15-17-6-8-18(9-7-17,20-10-12-21-13-11-20)14-16-4-2-1-3-5-16/h1-5,17H,6-15,19H2. The van der Waals surface area contributed by atoms with E-state index in [2.05, 4.69) is 35.2 Å². The molecule has 21 heavy (non-hydrogen) atoms. The third-order valence-electron chi connectivity index (χ3n) is 5.43. The Kier molecular flexibility index (Phi) is 4.94. The first-order valence-corrected chi connectivity index (χ1v) is 8.39. The molecule has 0 aromatic heterocycles. The summed E-state index contributed by atoms with van der Waals surface area (Å²) in [7, 11) is 0. The van der Waals surface area contributed by atoms with E-state index in [1.165, 1.54) is 37.7 Å². The van der Waals surface area contributed by atoms with E-state index >= 15 is 0 Å². The number of hydrogen-bond donors (Lipinski definition) is 1. The van der Waals surface area contributed by atoms with Crippen LogP contribution in [0.25, 0.3) is 0 Å². The Balaban J connectivity index is 1.77. The van der Waals surface area contributed by atoms with Gasteiger partial charge in [-0.3, -0.25) is 4.90 Å². The molecule has 3 nitrogen and oxygen atoms in total. The fourth-order valence-corrected chi connectivity index (χ4v) is 4.07. The van der Waals surface area contributed by atoms with E-state index in [0.29, 0.717) is 5.54 Å². The van der Waals surface area contributed by atoms with Gasteiger partial charge in [-0.2, -0.15) is 0 Å². The Morgan fingerprint density at radius 2 is 1.76 bits per heavy atom. The normalized spacial score (nSPS) is 31.2. The molecule has 2 fully saturated rings. The first-order chi connectivity index (χ1) is 10.3. The molecule has 1 aromatic rings. The number of morpholine rings is 1. The van der Waals surface area contributed by atoms with Gasteiger partial charge in [-0.1, -0.05) is 30.3 Å². The Morgan fingerprint density at radius 3 is 2.38 bits per heavy atom. The van der Waals surface area contributed by atoms with E-state index in [1.54, 1.807) is 0 Å². The van der Waals surface area contributed by atoms with Crippen LogP contribution in [-0.4, -0.2) is 43.3 Å². The molecule has 2 N–H and O–H groups in total. The van der Waals surface area contributed by atoms with Gasteiger partial charge in [0, 0.05) is 18.6 Å². The van der Waals surface area contributed by atoms with Crippen LogP contribution in [0, 0.1) is 5.92 Å². The quantitative estimate of drug-likeness (QED) is 0.925.